The van der Waals surface area contributed by atoms with E-state index in [4.69, 9.17) is 0 Å². The Morgan fingerprint density at radius 2 is 1.55 bits per heavy atom. The second kappa shape index (κ2) is 9.29. The van der Waals surface area contributed by atoms with Crippen LogP contribution in [0.2, 0.25) is 0 Å². The van der Waals surface area contributed by atoms with Gasteiger partial charge in [-0.3, -0.25) is 9.59 Å². The number of likely N-dealkylation sites (tertiary alicyclic amines) is 1. The van der Waals surface area contributed by atoms with Gasteiger partial charge in [-0.15, -0.1) is 0 Å². The van der Waals surface area contributed by atoms with E-state index in [2.05, 4.69) is 6.07 Å². The van der Waals surface area contributed by atoms with E-state index < -0.39 is 12.1 Å². The third-order valence-electron chi connectivity index (χ3n) is 5.64. The highest BCUT2D eigenvalue weighted by atomic mass is 16.3. The van der Waals surface area contributed by atoms with E-state index in [0.717, 1.165) is 16.7 Å². The van der Waals surface area contributed by atoms with Gasteiger partial charge in [-0.1, -0.05) is 36.4 Å². The highest BCUT2D eigenvalue weighted by Gasteiger charge is 2.51. The van der Waals surface area contributed by atoms with E-state index in [1.54, 1.807) is 45.2 Å². The molecule has 31 heavy (non-hydrogen) atoms. The average Bonchev–Trinajstić information content (AvgIpc) is 2.73. The molecule has 0 saturated carbocycles. The van der Waals surface area contributed by atoms with Crippen molar-refractivity contribution >= 4 is 11.8 Å². The third kappa shape index (κ3) is 4.46. The van der Waals surface area contributed by atoms with Crippen molar-refractivity contribution in [1.82, 2.24) is 14.7 Å². The van der Waals surface area contributed by atoms with E-state index in [1.807, 2.05) is 36.4 Å². The maximum Gasteiger partial charge on any atom is 0.253 e. The topological polar surface area (TPSA) is 87.9 Å². The first-order valence-electron chi connectivity index (χ1n) is 10.2. The molecule has 2 aromatic rings. The number of aliphatic hydroxyl groups excluding tert-OH is 1. The van der Waals surface area contributed by atoms with Crippen LogP contribution in [0, 0.1) is 11.3 Å². The minimum absolute atomic E-state index is 0.0437. The van der Waals surface area contributed by atoms with Gasteiger partial charge in [0.25, 0.3) is 5.91 Å². The van der Waals surface area contributed by atoms with Crippen LogP contribution in [0.15, 0.2) is 48.5 Å². The van der Waals surface area contributed by atoms with Gasteiger partial charge in [0, 0.05) is 25.6 Å². The van der Waals surface area contributed by atoms with Crippen LogP contribution in [-0.4, -0.2) is 85.0 Å². The Morgan fingerprint density at radius 1 is 1.00 bits per heavy atom. The number of hydrogen-bond acceptors (Lipinski definition) is 5. The summed E-state index contributed by atoms with van der Waals surface area (Å²) in [5.41, 5.74) is 3.52. The number of rotatable bonds is 6. The molecule has 2 amide bonds. The van der Waals surface area contributed by atoms with Crippen LogP contribution in [-0.2, 0) is 4.79 Å². The summed E-state index contributed by atoms with van der Waals surface area (Å²) in [7, 11) is 7.04. The SMILES string of the molecule is CN(C)CC(=O)N1[C@@H](C#N)[C@@H](c2ccc(-c3ccc(C(=O)N(C)C)cc3)cc2)[C@@H]1CO. The van der Waals surface area contributed by atoms with Gasteiger partial charge in [0.1, 0.15) is 6.04 Å². The molecule has 1 fully saturated rings. The van der Waals surface area contributed by atoms with Crippen molar-refractivity contribution in [2.24, 2.45) is 0 Å². The lowest BCUT2D eigenvalue weighted by molar-refractivity contribution is -0.147. The lowest BCUT2D eigenvalue weighted by atomic mass is 9.75. The van der Waals surface area contributed by atoms with E-state index in [9.17, 15) is 20.0 Å². The van der Waals surface area contributed by atoms with Gasteiger partial charge in [0.2, 0.25) is 5.91 Å². The number of hydrogen-bond donors (Lipinski definition) is 1. The molecule has 0 aliphatic carbocycles. The quantitative estimate of drug-likeness (QED) is 0.770. The number of likely N-dealkylation sites (N-methyl/N-ethyl adjacent to an activating group) is 1. The molecule has 0 unspecified atom stereocenters. The van der Waals surface area contributed by atoms with Gasteiger partial charge in [-0.05, 0) is 42.9 Å². The lowest BCUT2D eigenvalue weighted by Crippen LogP contribution is -2.66. The van der Waals surface area contributed by atoms with Gasteiger partial charge >= 0.3 is 0 Å². The molecule has 3 atom stereocenters. The zero-order chi connectivity index (χ0) is 22.7. The highest BCUT2D eigenvalue weighted by Crippen LogP contribution is 2.41. The fourth-order valence-corrected chi connectivity index (χ4v) is 4.06. The lowest BCUT2D eigenvalue weighted by Gasteiger charge is -2.51. The molecule has 1 aliphatic rings. The monoisotopic (exact) mass is 420 g/mol. The second-order valence-corrected chi connectivity index (χ2v) is 8.29. The number of nitrogens with zero attached hydrogens (tertiary/aromatic N) is 4. The second-order valence-electron chi connectivity index (χ2n) is 8.29. The molecular weight excluding hydrogens is 392 g/mol. The van der Waals surface area contributed by atoms with Crippen molar-refractivity contribution in [3.05, 3.63) is 59.7 Å². The number of aliphatic hydroxyl groups is 1. The van der Waals surface area contributed by atoms with Crippen LogP contribution in [0.1, 0.15) is 21.8 Å². The Labute approximate surface area is 183 Å². The number of amides is 2. The van der Waals surface area contributed by atoms with Crippen molar-refractivity contribution in [2.45, 2.75) is 18.0 Å². The number of carbonyl (C=O) groups excluding carboxylic acids is 2. The predicted molar refractivity (Wildman–Crippen MR) is 118 cm³/mol. The molecule has 1 aliphatic heterocycles. The summed E-state index contributed by atoms with van der Waals surface area (Å²) >= 11 is 0. The van der Waals surface area contributed by atoms with Gasteiger partial charge in [-0.2, -0.15) is 5.26 Å². The Morgan fingerprint density at radius 3 is 2.00 bits per heavy atom. The maximum absolute atomic E-state index is 12.5. The molecule has 0 aromatic heterocycles. The fraction of sp³-hybridized carbons (Fsp3) is 0.375. The third-order valence-corrected chi connectivity index (χ3v) is 5.64. The van der Waals surface area contributed by atoms with Gasteiger partial charge in [-0.25, -0.2) is 0 Å². The summed E-state index contributed by atoms with van der Waals surface area (Å²) < 4.78 is 0. The van der Waals surface area contributed by atoms with Gasteiger partial charge in [0.05, 0.1) is 25.3 Å². The van der Waals surface area contributed by atoms with Gasteiger partial charge < -0.3 is 19.8 Å². The highest BCUT2D eigenvalue weighted by molar-refractivity contribution is 5.94. The van der Waals surface area contributed by atoms with Crippen molar-refractivity contribution < 1.29 is 14.7 Å². The molecule has 0 radical (unpaired) electrons. The van der Waals surface area contributed by atoms with Crippen LogP contribution in [0.25, 0.3) is 11.1 Å². The van der Waals surface area contributed by atoms with Crippen molar-refractivity contribution in [3.63, 3.8) is 0 Å². The molecule has 0 spiro atoms. The zero-order valence-corrected chi connectivity index (χ0v) is 18.3. The summed E-state index contributed by atoms with van der Waals surface area (Å²) in [4.78, 5) is 29.3. The van der Waals surface area contributed by atoms with Crippen molar-refractivity contribution in [2.75, 3.05) is 41.3 Å². The first-order valence-corrected chi connectivity index (χ1v) is 10.2. The largest absolute Gasteiger partial charge is 0.394 e. The minimum atomic E-state index is -0.591. The summed E-state index contributed by atoms with van der Waals surface area (Å²) in [6, 6.07) is 16.5. The standard InChI is InChI=1S/C24H28N4O3/c1-26(2)14-22(30)28-20(13-25)23(21(28)15-29)18-9-5-16(6-10-18)17-7-11-19(12-8-17)24(31)27(3)4/h5-12,20-21,23,29H,14-15H2,1-4H3/t20-,21-,23+/m0/s1. The minimum Gasteiger partial charge on any atom is -0.394 e. The smallest absolute Gasteiger partial charge is 0.253 e. The Hall–Kier alpha value is -3.21. The Bertz CT molecular complexity index is 977. The average molecular weight is 421 g/mol. The molecule has 1 saturated heterocycles. The molecule has 7 heteroatoms. The van der Waals surface area contributed by atoms with Gasteiger partial charge in [0.15, 0.2) is 0 Å². The molecule has 2 aromatic carbocycles. The van der Waals surface area contributed by atoms with Crippen molar-refractivity contribution in [1.29, 1.82) is 5.26 Å². The fourth-order valence-electron chi connectivity index (χ4n) is 4.06. The number of nitriles is 1. The van der Waals surface area contributed by atoms with Crippen LogP contribution >= 0.6 is 0 Å². The van der Waals surface area contributed by atoms with E-state index >= 15 is 0 Å². The summed E-state index contributed by atoms with van der Waals surface area (Å²) in [6.45, 7) is 0.0117. The van der Waals surface area contributed by atoms with Crippen LogP contribution in [0.5, 0.6) is 0 Å². The zero-order valence-electron chi connectivity index (χ0n) is 18.3. The summed E-state index contributed by atoms with van der Waals surface area (Å²) in [5, 5.41) is 19.5. The summed E-state index contributed by atoms with van der Waals surface area (Å²) in [5.74, 6) is -0.427. The number of benzene rings is 2. The predicted octanol–water partition coefficient (Wildman–Crippen LogP) is 1.80. The van der Waals surface area contributed by atoms with E-state index in [0.29, 0.717) is 5.56 Å². The molecular formula is C24H28N4O3. The molecule has 0 bridgehead atoms. The molecule has 162 valence electrons. The van der Waals surface area contributed by atoms with Crippen LogP contribution in [0.3, 0.4) is 0 Å². The molecule has 1 heterocycles. The molecule has 1 N–H and O–H groups in total. The van der Waals surface area contributed by atoms with E-state index in [1.165, 1.54) is 9.80 Å². The maximum atomic E-state index is 12.5. The van der Waals surface area contributed by atoms with Crippen LogP contribution in [0.4, 0.5) is 0 Å². The first-order chi connectivity index (χ1) is 14.8. The Balaban J connectivity index is 1.79. The molecule has 3 rings (SSSR count). The van der Waals surface area contributed by atoms with Crippen molar-refractivity contribution in [3.8, 4) is 17.2 Å². The normalized spacial score (nSPS) is 20.2. The van der Waals surface area contributed by atoms with E-state index in [-0.39, 0.29) is 30.9 Å². The molecule has 7 nitrogen and oxygen atoms in total. The Kier molecular flexibility index (Phi) is 6.74. The van der Waals surface area contributed by atoms with Crippen LogP contribution < -0.4 is 0 Å². The first kappa shape index (κ1) is 22.5. The number of carbonyl (C=O) groups is 2. The summed E-state index contributed by atoms with van der Waals surface area (Å²) in [6.07, 6.45) is 0.